The lowest BCUT2D eigenvalue weighted by Gasteiger charge is -2.32. The van der Waals surface area contributed by atoms with E-state index in [4.69, 9.17) is 9.51 Å². The van der Waals surface area contributed by atoms with Crippen LogP contribution in [0.5, 0.6) is 0 Å². The molecule has 0 bridgehead atoms. The van der Waals surface area contributed by atoms with E-state index in [1.54, 1.807) is 0 Å². The molecule has 1 aliphatic rings. The van der Waals surface area contributed by atoms with E-state index in [0.717, 1.165) is 36.2 Å². The second-order valence-electron chi connectivity index (χ2n) is 6.92. The Morgan fingerprint density at radius 1 is 1.33 bits per heavy atom. The topological polar surface area (TPSA) is 89.1 Å². The summed E-state index contributed by atoms with van der Waals surface area (Å²) in [5.41, 5.74) is 2.12. The molecular formula is C19H24N6O2. The van der Waals surface area contributed by atoms with Crippen LogP contribution in [0, 0.1) is 0 Å². The van der Waals surface area contributed by atoms with Crippen molar-refractivity contribution in [2.75, 3.05) is 13.1 Å². The van der Waals surface area contributed by atoms with Gasteiger partial charge in [-0.05, 0) is 25.0 Å². The van der Waals surface area contributed by atoms with Gasteiger partial charge in [-0.3, -0.25) is 0 Å². The molecule has 0 aliphatic carbocycles. The van der Waals surface area contributed by atoms with Gasteiger partial charge in [-0.15, -0.1) is 0 Å². The zero-order valence-corrected chi connectivity index (χ0v) is 15.7. The van der Waals surface area contributed by atoms with Crippen molar-refractivity contribution in [2.24, 2.45) is 7.05 Å². The Kier molecular flexibility index (Phi) is 4.79. The van der Waals surface area contributed by atoms with Crippen LogP contribution in [0.25, 0.3) is 11.0 Å². The van der Waals surface area contributed by atoms with E-state index in [2.05, 4.69) is 26.1 Å². The maximum absolute atomic E-state index is 12.6. The Balaban J connectivity index is 1.42. The molecule has 0 spiro atoms. The van der Waals surface area contributed by atoms with E-state index in [0.29, 0.717) is 24.7 Å². The Hall–Kier alpha value is -2.90. The summed E-state index contributed by atoms with van der Waals surface area (Å²) < 4.78 is 7.22. The van der Waals surface area contributed by atoms with E-state index in [1.165, 1.54) is 0 Å². The number of benzene rings is 1. The number of rotatable bonds is 4. The molecule has 1 unspecified atom stereocenters. The van der Waals surface area contributed by atoms with Gasteiger partial charge in [-0.2, -0.15) is 4.98 Å². The average Bonchev–Trinajstić information content (AvgIpc) is 3.31. The number of imidazole rings is 1. The number of fused-ring (bicyclic) bond motifs is 1. The Labute approximate surface area is 157 Å². The van der Waals surface area contributed by atoms with Crippen LogP contribution in [0.15, 0.2) is 28.8 Å². The van der Waals surface area contributed by atoms with Gasteiger partial charge in [0.05, 0.1) is 17.6 Å². The Morgan fingerprint density at radius 2 is 2.19 bits per heavy atom. The molecule has 1 aromatic carbocycles. The molecule has 27 heavy (non-hydrogen) atoms. The van der Waals surface area contributed by atoms with Crippen LogP contribution >= 0.6 is 0 Å². The third-order valence-electron chi connectivity index (χ3n) is 5.11. The van der Waals surface area contributed by atoms with E-state index < -0.39 is 0 Å². The van der Waals surface area contributed by atoms with E-state index in [-0.39, 0.29) is 18.5 Å². The lowest BCUT2D eigenvalue weighted by Crippen LogP contribution is -2.45. The third kappa shape index (κ3) is 3.51. The SMILES string of the molecule is CCc1nc(CNC(=O)N2CCCC(c3nc4ccccc4n3C)C2)no1. The van der Waals surface area contributed by atoms with Crippen molar-refractivity contribution >= 4 is 17.1 Å². The summed E-state index contributed by atoms with van der Waals surface area (Å²) in [6.07, 6.45) is 2.68. The summed E-state index contributed by atoms with van der Waals surface area (Å²) in [4.78, 5) is 23.5. The molecule has 4 rings (SSSR count). The molecule has 8 nitrogen and oxygen atoms in total. The van der Waals surface area contributed by atoms with Gasteiger partial charge in [0.25, 0.3) is 0 Å². The summed E-state index contributed by atoms with van der Waals surface area (Å²) in [5.74, 6) is 2.36. The van der Waals surface area contributed by atoms with Gasteiger partial charge in [-0.25, -0.2) is 9.78 Å². The molecule has 2 amide bonds. The summed E-state index contributed by atoms with van der Waals surface area (Å²) in [7, 11) is 2.05. The number of aryl methyl sites for hydroxylation is 2. The third-order valence-corrected chi connectivity index (χ3v) is 5.11. The van der Waals surface area contributed by atoms with Gasteiger partial charge in [0.15, 0.2) is 5.82 Å². The van der Waals surface area contributed by atoms with Crippen LogP contribution in [0.4, 0.5) is 4.79 Å². The molecule has 1 saturated heterocycles. The molecule has 0 radical (unpaired) electrons. The first-order valence-corrected chi connectivity index (χ1v) is 9.41. The minimum atomic E-state index is -0.0960. The smallest absolute Gasteiger partial charge is 0.317 e. The zero-order chi connectivity index (χ0) is 18.8. The molecule has 1 aliphatic heterocycles. The van der Waals surface area contributed by atoms with Crippen LogP contribution in [0.2, 0.25) is 0 Å². The molecule has 3 heterocycles. The predicted molar refractivity (Wildman–Crippen MR) is 100 cm³/mol. The van der Waals surface area contributed by atoms with Gasteiger partial charge in [0, 0.05) is 32.5 Å². The van der Waals surface area contributed by atoms with E-state index in [1.807, 2.05) is 37.1 Å². The highest BCUT2D eigenvalue weighted by Gasteiger charge is 2.28. The number of aromatic nitrogens is 4. The summed E-state index contributed by atoms with van der Waals surface area (Å²) in [5, 5.41) is 6.76. The van der Waals surface area contributed by atoms with Crippen LogP contribution in [0.1, 0.15) is 43.2 Å². The molecular weight excluding hydrogens is 344 g/mol. The highest BCUT2D eigenvalue weighted by atomic mass is 16.5. The van der Waals surface area contributed by atoms with Gasteiger partial charge < -0.3 is 19.3 Å². The van der Waals surface area contributed by atoms with Gasteiger partial charge >= 0.3 is 6.03 Å². The molecule has 2 aromatic heterocycles. The lowest BCUT2D eigenvalue weighted by molar-refractivity contribution is 0.177. The summed E-state index contributed by atoms with van der Waals surface area (Å²) in [6, 6.07) is 8.04. The molecule has 1 atom stereocenters. The summed E-state index contributed by atoms with van der Waals surface area (Å²) in [6.45, 7) is 3.63. The second kappa shape index (κ2) is 7.38. The number of piperidine rings is 1. The van der Waals surface area contributed by atoms with Gasteiger partial charge in [0.1, 0.15) is 5.82 Å². The number of hydrogen-bond acceptors (Lipinski definition) is 5. The second-order valence-corrected chi connectivity index (χ2v) is 6.92. The van der Waals surface area contributed by atoms with Crippen LogP contribution in [0.3, 0.4) is 0 Å². The van der Waals surface area contributed by atoms with Crippen molar-refractivity contribution in [1.82, 2.24) is 29.9 Å². The standard InChI is InChI=1S/C19H24N6O2/c1-3-17-22-16(23-27-17)11-20-19(26)25-10-6-7-13(12-25)18-21-14-8-4-5-9-15(14)24(18)2/h4-5,8-9,13H,3,6-7,10-12H2,1-2H3,(H,20,26). The number of carbonyl (C=O) groups excluding carboxylic acids is 1. The van der Waals surface area contributed by atoms with Crippen molar-refractivity contribution in [2.45, 2.75) is 38.6 Å². The number of likely N-dealkylation sites (tertiary alicyclic amines) is 1. The van der Waals surface area contributed by atoms with Gasteiger partial charge in [-0.1, -0.05) is 24.2 Å². The average molecular weight is 368 g/mol. The van der Waals surface area contributed by atoms with Crippen LogP contribution < -0.4 is 5.32 Å². The molecule has 3 aromatic rings. The van der Waals surface area contributed by atoms with Crippen LogP contribution in [-0.2, 0) is 20.0 Å². The van der Waals surface area contributed by atoms with Crippen molar-refractivity contribution < 1.29 is 9.32 Å². The molecule has 142 valence electrons. The number of nitrogens with zero attached hydrogens (tertiary/aromatic N) is 5. The van der Waals surface area contributed by atoms with Crippen molar-refractivity contribution in [1.29, 1.82) is 0 Å². The monoisotopic (exact) mass is 368 g/mol. The number of hydrogen-bond donors (Lipinski definition) is 1. The predicted octanol–water partition coefficient (Wildman–Crippen LogP) is 2.61. The minimum absolute atomic E-state index is 0.0960. The molecule has 0 saturated carbocycles. The molecule has 1 N–H and O–H groups in total. The maximum Gasteiger partial charge on any atom is 0.317 e. The first kappa shape index (κ1) is 17.5. The highest BCUT2D eigenvalue weighted by Crippen LogP contribution is 2.28. The fourth-order valence-electron chi connectivity index (χ4n) is 3.67. The van der Waals surface area contributed by atoms with Gasteiger partial charge in [0.2, 0.25) is 5.89 Å². The molecule has 1 fully saturated rings. The van der Waals surface area contributed by atoms with E-state index in [9.17, 15) is 4.79 Å². The largest absolute Gasteiger partial charge is 0.339 e. The Bertz CT molecular complexity index is 947. The zero-order valence-electron chi connectivity index (χ0n) is 15.7. The lowest BCUT2D eigenvalue weighted by atomic mass is 9.97. The minimum Gasteiger partial charge on any atom is -0.339 e. The fourth-order valence-corrected chi connectivity index (χ4v) is 3.67. The van der Waals surface area contributed by atoms with Crippen LogP contribution in [-0.4, -0.2) is 43.7 Å². The number of amides is 2. The number of nitrogens with one attached hydrogen (secondary N) is 1. The summed E-state index contributed by atoms with van der Waals surface area (Å²) >= 11 is 0. The number of carbonyl (C=O) groups is 1. The van der Waals surface area contributed by atoms with Crippen molar-refractivity contribution in [3.8, 4) is 0 Å². The van der Waals surface area contributed by atoms with Crippen molar-refractivity contribution in [3.05, 3.63) is 41.8 Å². The highest BCUT2D eigenvalue weighted by molar-refractivity contribution is 5.76. The normalized spacial score (nSPS) is 17.4. The fraction of sp³-hybridized carbons (Fsp3) is 0.474. The maximum atomic E-state index is 12.6. The van der Waals surface area contributed by atoms with Crippen molar-refractivity contribution in [3.63, 3.8) is 0 Å². The number of urea groups is 1. The first-order valence-electron chi connectivity index (χ1n) is 9.41. The number of para-hydroxylation sites is 2. The molecule has 8 heteroatoms. The quantitative estimate of drug-likeness (QED) is 0.765. The first-order chi connectivity index (χ1) is 13.2. The van der Waals surface area contributed by atoms with E-state index >= 15 is 0 Å². The Morgan fingerprint density at radius 3 is 2.96 bits per heavy atom.